The van der Waals surface area contributed by atoms with E-state index in [4.69, 9.17) is 0 Å². The zero-order valence-electron chi connectivity index (χ0n) is 15.7. The number of carbonyl (C=O) groups excluding carboxylic acids is 1. The van der Waals surface area contributed by atoms with E-state index in [2.05, 4.69) is 9.97 Å². The molecule has 0 atom stereocenters. The number of carbonyl (C=O) groups is 1. The number of imidazole rings is 1. The molecule has 3 rings (SSSR count). The Bertz CT molecular complexity index is 967. The van der Waals surface area contributed by atoms with E-state index >= 15 is 0 Å². The number of rotatable bonds is 6. The van der Waals surface area contributed by atoms with Crippen molar-refractivity contribution in [3.05, 3.63) is 65.4 Å². The summed E-state index contributed by atoms with van der Waals surface area (Å²) in [7, 11) is 0. The maximum atomic E-state index is 13.2. The number of pyridine rings is 2. The second kappa shape index (κ2) is 8.00. The van der Waals surface area contributed by atoms with Gasteiger partial charge in [-0.25, -0.2) is 4.98 Å². The first kappa shape index (κ1) is 19.9. The van der Waals surface area contributed by atoms with Gasteiger partial charge in [0.15, 0.2) is 0 Å². The Morgan fingerprint density at radius 2 is 1.86 bits per heavy atom. The zero-order valence-corrected chi connectivity index (χ0v) is 15.7. The molecule has 8 heteroatoms. The van der Waals surface area contributed by atoms with Crippen molar-refractivity contribution in [1.82, 2.24) is 19.3 Å². The quantitative estimate of drug-likeness (QED) is 0.639. The molecule has 5 nitrogen and oxygen atoms in total. The first-order valence-electron chi connectivity index (χ1n) is 9.11. The molecule has 0 saturated carbocycles. The van der Waals surface area contributed by atoms with Gasteiger partial charge in [-0.1, -0.05) is 6.92 Å². The Labute approximate surface area is 160 Å². The number of hydrogen-bond donors (Lipinski definition) is 0. The van der Waals surface area contributed by atoms with Crippen molar-refractivity contribution in [2.45, 2.75) is 32.9 Å². The van der Waals surface area contributed by atoms with E-state index in [1.54, 1.807) is 17.3 Å². The molecule has 148 valence electrons. The minimum atomic E-state index is -4.49. The lowest BCUT2D eigenvalue weighted by molar-refractivity contribution is -0.137. The van der Waals surface area contributed by atoms with Crippen molar-refractivity contribution in [2.75, 3.05) is 13.1 Å². The van der Waals surface area contributed by atoms with Gasteiger partial charge in [0.2, 0.25) is 0 Å². The smallest absolute Gasteiger partial charge is 0.337 e. The van der Waals surface area contributed by atoms with E-state index in [1.807, 2.05) is 26.0 Å². The lowest BCUT2D eigenvalue weighted by Gasteiger charge is -2.21. The SMILES string of the molecule is CCc1nc2ccc(C(F)(F)F)cn2c1C(=O)N(CC)CCc1ccncc1. The fourth-order valence-electron chi connectivity index (χ4n) is 3.10. The second-order valence-electron chi connectivity index (χ2n) is 6.39. The molecule has 0 aliphatic heterocycles. The highest BCUT2D eigenvalue weighted by Crippen LogP contribution is 2.30. The van der Waals surface area contributed by atoms with E-state index in [0.29, 0.717) is 37.3 Å². The van der Waals surface area contributed by atoms with E-state index in [-0.39, 0.29) is 11.6 Å². The van der Waals surface area contributed by atoms with Crippen molar-refractivity contribution in [3.8, 4) is 0 Å². The Morgan fingerprint density at radius 3 is 2.46 bits per heavy atom. The lowest BCUT2D eigenvalue weighted by atomic mass is 10.1. The van der Waals surface area contributed by atoms with Crippen LogP contribution in [0, 0.1) is 0 Å². The predicted molar refractivity (Wildman–Crippen MR) is 99.1 cm³/mol. The third-order valence-electron chi connectivity index (χ3n) is 4.64. The number of aromatic nitrogens is 3. The van der Waals surface area contributed by atoms with Crippen LogP contribution in [0.15, 0.2) is 42.9 Å². The van der Waals surface area contributed by atoms with Gasteiger partial charge in [-0.3, -0.25) is 14.2 Å². The standard InChI is InChI=1S/C20H21F3N4O/c1-3-16-18(27-13-15(20(21,22)23)5-6-17(27)25-16)19(28)26(4-2)12-9-14-7-10-24-11-8-14/h5-8,10-11,13H,3-4,9,12H2,1-2H3. The van der Waals surface area contributed by atoms with Gasteiger partial charge >= 0.3 is 6.18 Å². The number of likely N-dealkylation sites (N-methyl/N-ethyl adjacent to an activating group) is 1. The van der Waals surface area contributed by atoms with Crippen molar-refractivity contribution >= 4 is 11.6 Å². The predicted octanol–water partition coefficient (Wildman–Crippen LogP) is 4.02. The normalized spacial score (nSPS) is 11.8. The highest BCUT2D eigenvalue weighted by Gasteiger charge is 2.32. The summed E-state index contributed by atoms with van der Waals surface area (Å²) in [6, 6.07) is 6.03. The molecule has 0 fully saturated rings. The molecule has 0 aliphatic rings. The van der Waals surface area contributed by atoms with Crippen LogP contribution in [0.1, 0.15) is 41.2 Å². The van der Waals surface area contributed by atoms with Crippen LogP contribution in [0.2, 0.25) is 0 Å². The first-order chi connectivity index (χ1) is 13.3. The molecule has 1 amide bonds. The second-order valence-corrected chi connectivity index (χ2v) is 6.39. The lowest BCUT2D eigenvalue weighted by Crippen LogP contribution is -2.34. The maximum absolute atomic E-state index is 13.2. The number of amides is 1. The fourth-order valence-corrected chi connectivity index (χ4v) is 3.10. The molecule has 3 aromatic rings. The summed E-state index contributed by atoms with van der Waals surface area (Å²) in [5.41, 5.74) is 1.24. The van der Waals surface area contributed by atoms with E-state index in [0.717, 1.165) is 17.8 Å². The molecule has 0 bridgehead atoms. The molecule has 0 saturated heterocycles. The summed E-state index contributed by atoms with van der Waals surface area (Å²) in [5, 5.41) is 0. The average molecular weight is 390 g/mol. The highest BCUT2D eigenvalue weighted by atomic mass is 19.4. The number of alkyl halides is 3. The average Bonchev–Trinajstić information content (AvgIpc) is 3.06. The molecule has 3 aromatic heterocycles. The monoisotopic (exact) mass is 390 g/mol. The molecular weight excluding hydrogens is 369 g/mol. The van der Waals surface area contributed by atoms with Gasteiger partial charge in [-0.15, -0.1) is 0 Å². The van der Waals surface area contributed by atoms with Gasteiger partial charge in [-0.2, -0.15) is 13.2 Å². The Balaban J connectivity index is 1.96. The van der Waals surface area contributed by atoms with Gasteiger partial charge in [0, 0.05) is 31.7 Å². The van der Waals surface area contributed by atoms with Crippen molar-refractivity contribution < 1.29 is 18.0 Å². The van der Waals surface area contributed by atoms with Crippen molar-refractivity contribution in [1.29, 1.82) is 0 Å². The van der Waals surface area contributed by atoms with Gasteiger partial charge < -0.3 is 4.90 Å². The van der Waals surface area contributed by atoms with Crippen LogP contribution in [-0.4, -0.2) is 38.3 Å². The molecule has 28 heavy (non-hydrogen) atoms. The Morgan fingerprint density at radius 1 is 1.14 bits per heavy atom. The van der Waals surface area contributed by atoms with Gasteiger partial charge in [0.1, 0.15) is 11.3 Å². The third-order valence-corrected chi connectivity index (χ3v) is 4.64. The zero-order chi connectivity index (χ0) is 20.3. The van der Waals surface area contributed by atoms with E-state index < -0.39 is 11.7 Å². The fraction of sp³-hybridized carbons (Fsp3) is 0.350. The van der Waals surface area contributed by atoms with Crippen LogP contribution in [-0.2, 0) is 19.0 Å². The van der Waals surface area contributed by atoms with Gasteiger partial charge in [0.25, 0.3) is 5.91 Å². The number of halogens is 3. The number of nitrogens with zero attached hydrogens (tertiary/aromatic N) is 4. The number of fused-ring (bicyclic) bond motifs is 1. The van der Waals surface area contributed by atoms with Crippen LogP contribution >= 0.6 is 0 Å². The molecule has 3 heterocycles. The molecule has 0 radical (unpaired) electrons. The Kier molecular flexibility index (Phi) is 5.67. The molecule has 0 spiro atoms. The largest absolute Gasteiger partial charge is 0.417 e. The molecule has 0 aromatic carbocycles. The van der Waals surface area contributed by atoms with Crippen LogP contribution in [0.25, 0.3) is 5.65 Å². The highest BCUT2D eigenvalue weighted by molar-refractivity contribution is 5.94. The van der Waals surface area contributed by atoms with Gasteiger partial charge in [0.05, 0.1) is 11.3 Å². The summed E-state index contributed by atoms with van der Waals surface area (Å²) in [6.07, 6.45) is 0.917. The molecule has 0 unspecified atom stereocenters. The molecule has 0 aliphatic carbocycles. The van der Waals surface area contributed by atoms with Crippen molar-refractivity contribution in [3.63, 3.8) is 0 Å². The summed E-state index contributed by atoms with van der Waals surface area (Å²) in [5.74, 6) is -0.319. The van der Waals surface area contributed by atoms with E-state index in [1.165, 1.54) is 10.5 Å². The summed E-state index contributed by atoms with van der Waals surface area (Å²) >= 11 is 0. The van der Waals surface area contributed by atoms with Gasteiger partial charge in [-0.05, 0) is 49.6 Å². The summed E-state index contributed by atoms with van der Waals surface area (Å²) in [4.78, 5) is 23.1. The summed E-state index contributed by atoms with van der Waals surface area (Å²) < 4.78 is 40.7. The van der Waals surface area contributed by atoms with Crippen molar-refractivity contribution in [2.24, 2.45) is 0 Å². The van der Waals surface area contributed by atoms with Crippen LogP contribution in [0.3, 0.4) is 0 Å². The molecular formula is C20H21F3N4O. The minimum Gasteiger partial charge on any atom is -0.337 e. The first-order valence-corrected chi connectivity index (χ1v) is 9.11. The Hall–Kier alpha value is -2.90. The van der Waals surface area contributed by atoms with Crippen LogP contribution in [0.5, 0.6) is 0 Å². The number of hydrogen-bond acceptors (Lipinski definition) is 3. The number of aryl methyl sites for hydroxylation is 1. The molecule has 0 N–H and O–H groups in total. The topological polar surface area (TPSA) is 50.5 Å². The van der Waals surface area contributed by atoms with E-state index in [9.17, 15) is 18.0 Å². The van der Waals surface area contributed by atoms with Crippen LogP contribution < -0.4 is 0 Å². The third kappa shape index (κ3) is 4.00. The van der Waals surface area contributed by atoms with Crippen LogP contribution in [0.4, 0.5) is 13.2 Å². The maximum Gasteiger partial charge on any atom is 0.417 e. The summed E-state index contributed by atoms with van der Waals surface area (Å²) in [6.45, 7) is 4.57. The minimum absolute atomic E-state index is 0.195.